The molecule has 0 saturated heterocycles. The number of fused-ring (bicyclic) bond motifs is 1. The summed E-state index contributed by atoms with van der Waals surface area (Å²) in [5, 5.41) is 9.00. The van der Waals surface area contributed by atoms with Gasteiger partial charge in [0.15, 0.2) is 0 Å². The molecule has 1 heterocycles. The number of hydrogen-bond donors (Lipinski definition) is 1. The molecular weight excluding hydrogens is 214 g/mol. The third-order valence-electron chi connectivity index (χ3n) is 1.95. The van der Waals surface area contributed by atoms with Crippen molar-refractivity contribution in [2.75, 3.05) is 6.61 Å². The molecule has 0 fully saturated rings. The molecule has 0 spiro atoms. The first kappa shape index (κ1) is 9.92. The zero-order valence-electron chi connectivity index (χ0n) is 8.06. The molecule has 2 rings (SSSR count). The predicted molar refractivity (Wildman–Crippen MR) is 57.7 cm³/mol. The lowest BCUT2D eigenvalue weighted by Gasteiger charge is -2.04. The lowest BCUT2D eigenvalue weighted by atomic mass is 10.2. The fourth-order valence-corrected chi connectivity index (χ4v) is 2.08. The molecule has 2 aromatic rings. The molecule has 5 heteroatoms. The Bertz CT molecular complexity index is 506. The average Bonchev–Trinajstić information content (AvgIpc) is 2.64. The van der Waals surface area contributed by atoms with Gasteiger partial charge in [0.2, 0.25) is 0 Å². The number of hydrogen-bond acceptors (Lipinski definition) is 4. The molecule has 0 aliphatic heterocycles. The Morgan fingerprint density at radius 2 is 2.40 bits per heavy atom. The highest BCUT2D eigenvalue weighted by molar-refractivity contribution is 7.16. The van der Waals surface area contributed by atoms with Crippen molar-refractivity contribution in [1.29, 1.82) is 0 Å². The van der Waals surface area contributed by atoms with Crippen molar-refractivity contribution in [1.82, 2.24) is 4.98 Å². The van der Waals surface area contributed by atoms with Gasteiger partial charge in [-0.25, -0.2) is 9.78 Å². The number of ether oxygens (including phenoxy) is 1. The second-order valence-electron chi connectivity index (χ2n) is 2.91. The fraction of sp³-hybridized carbons (Fsp3) is 0.200. The summed E-state index contributed by atoms with van der Waals surface area (Å²) in [6.07, 6.45) is 0. The maximum absolute atomic E-state index is 11.0. The summed E-state index contributed by atoms with van der Waals surface area (Å²) in [6.45, 7) is 2.38. The average molecular weight is 223 g/mol. The van der Waals surface area contributed by atoms with Crippen LogP contribution in [0, 0.1) is 0 Å². The van der Waals surface area contributed by atoms with Crippen LogP contribution in [-0.2, 0) is 0 Å². The van der Waals surface area contributed by atoms with Gasteiger partial charge in [-0.2, -0.15) is 0 Å². The summed E-state index contributed by atoms with van der Waals surface area (Å²) < 4.78 is 6.12. The second kappa shape index (κ2) is 3.86. The molecule has 0 radical (unpaired) electrons. The fourth-order valence-electron chi connectivity index (χ4n) is 1.35. The van der Waals surface area contributed by atoms with Crippen LogP contribution in [0.25, 0.3) is 10.2 Å². The van der Waals surface area contributed by atoms with Gasteiger partial charge < -0.3 is 9.84 Å². The van der Waals surface area contributed by atoms with Crippen molar-refractivity contribution in [3.63, 3.8) is 0 Å². The summed E-state index contributed by atoms with van der Waals surface area (Å²) in [5.74, 6) is -0.404. The molecule has 0 atom stereocenters. The topological polar surface area (TPSA) is 59.4 Å². The SMILES string of the molecule is CCOc1cc(C(=O)O)c2ncsc2c1. The van der Waals surface area contributed by atoms with Gasteiger partial charge in [-0.05, 0) is 19.1 Å². The van der Waals surface area contributed by atoms with Crippen LogP contribution in [0.3, 0.4) is 0 Å². The van der Waals surface area contributed by atoms with E-state index >= 15 is 0 Å². The van der Waals surface area contributed by atoms with Gasteiger partial charge >= 0.3 is 5.97 Å². The molecule has 0 aliphatic rings. The third kappa shape index (κ3) is 1.78. The highest BCUT2D eigenvalue weighted by Crippen LogP contribution is 2.27. The molecule has 0 bridgehead atoms. The molecule has 1 aromatic carbocycles. The van der Waals surface area contributed by atoms with Gasteiger partial charge in [0.1, 0.15) is 5.75 Å². The maximum atomic E-state index is 11.0. The van der Waals surface area contributed by atoms with Crippen molar-refractivity contribution in [3.8, 4) is 5.75 Å². The minimum atomic E-state index is -0.979. The summed E-state index contributed by atoms with van der Waals surface area (Å²) in [7, 11) is 0. The smallest absolute Gasteiger partial charge is 0.338 e. The van der Waals surface area contributed by atoms with Gasteiger partial charge in [-0.1, -0.05) is 0 Å². The summed E-state index contributed by atoms with van der Waals surface area (Å²) >= 11 is 1.40. The quantitative estimate of drug-likeness (QED) is 0.867. The van der Waals surface area contributed by atoms with Gasteiger partial charge in [-0.15, -0.1) is 11.3 Å². The molecule has 0 unspecified atom stereocenters. The van der Waals surface area contributed by atoms with E-state index in [4.69, 9.17) is 9.84 Å². The number of nitrogens with zero attached hydrogens (tertiary/aromatic N) is 1. The molecule has 15 heavy (non-hydrogen) atoms. The van der Waals surface area contributed by atoms with E-state index in [1.165, 1.54) is 17.4 Å². The molecule has 78 valence electrons. The first-order valence-corrected chi connectivity index (χ1v) is 5.33. The van der Waals surface area contributed by atoms with Gasteiger partial charge in [0.25, 0.3) is 0 Å². The van der Waals surface area contributed by atoms with Crippen molar-refractivity contribution in [2.45, 2.75) is 6.92 Å². The summed E-state index contributed by atoms with van der Waals surface area (Å²) in [4.78, 5) is 15.0. The highest BCUT2D eigenvalue weighted by atomic mass is 32.1. The van der Waals surface area contributed by atoms with E-state index in [9.17, 15) is 4.79 Å². The van der Waals surface area contributed by atoms with Crippen LogP contribution in [0.5, 0.6) is 5.75 Å². The normalized spacial score (nSPS) is 10.5. The number of carbonyl (C=O) groups is 1. The highest BCUT2D eigenvalue weighted by Gasteiger charge is 2.13. The molecule has 1 aromatic heterocycles. The number of thiazole rings is 1. The molecule has 1 N–H and O–H groups in total. The monoisotopic (exact) mass is 223 g/mol. The molecule has 0 aliphatic carbocycles. The van der Waals surface area contributed by atoms with E-state index in [1.807, 2.05) is 13.0 Å². The van der Waals surface area contributed by atoms with Gasteiger partial charge in [-0.3, -0.25) is 0 Å². The number of aromatic nitrogens is 1. The number of carboxylic acid groups (broad SMARTS) is 1. The Hall–Kier alpha value is -1.62. The van der Waals surface area contributed by atoms with E-state index in [-0.39, 0.29) is 5.56 Å². The molecule has 0 saturated carbocycles. The Morgan fingerprint density at radius 1 is 1.60 bits per heavy atom. The van der Waals surface area contributed by atoms with Gasteiger partial charge in [0.05, 0.1) is 27.9 Å². The van der Waals surface area contributed by atoms with Crippen molar-refractivity contribution in [2.24, 2.45) is 0 Å². The lowest BCUT2D eigenvalue weighted by molar-refractivity contribution is 0.0698. The van der Waals surface area contributed by atoms with E-state index in [1.54, 1.807) is 5.51 Å². The van der Waals surface area contributed by atoms with Crippen LogP contribution in [0.15, 0.2) is 17.6 Å². The van der Waals surface area contributed by atoms with Crippen LogP contribution in [0.1, 0.15) is 17.3 Å². The minimum Gasteiger partial charge on any atom is -0.494 e. The van der Waals surface area contributed by atoms with Gasteiger partial charge in [0, 0.05) is 0 Å². The zero-order valence-corrected chi connectivity index (χ0v) is 8.87. The van der Waals surface area contributed by atoms with Crippen LogP contribution < -0.4 is 4.74 Å². The van der Waals surface area contributed by atoms with Crippen LogP contribution >= 0.6 is 11.3 Å². The summed E-state index contributed by atoms with van der Waals surface area (Å²) in [5.41, 5.74) is 2.35. The first-order chi connectivity index (χ1) is 7.22. The van der Waals surface area contributed by atoms with Crippen molar-refractivity contribution in [3.05, 3.63) is 23.2 Å². The Balaban J connectivity index is 2.63. The van der Waals surface area contributed by atoms with Crippen LogP contribution in [0.4, 0.5) is 0 Å². The maximum Gasteiger partial charge on any atom is 0.338 e. The Morgan fingerprint density at radius 3 is 3.07 bits per heavy atom. The predicted octanol–water partition coefficient (Wildman–Crippen LogP) is 2.39. The standard InChI is InChI=1S/C10H9NO3S/c1-2-14-6-3-7(10(12)13)9-8(4-6)15-5-11-9/h3-5H,2H2,1H3,(H,12,13). The Labute approximate surface area is 90.1 Å². The molecular formula is C10H9NO3S. The van der Waals surface area contributed by atoms with Crippen molar-refractivity contribution >= 4 is 27.5 Å². The minimum absolute atomic E-state index is 0.192. The third-order valence-corrected chi connectivity index (χ3v) is 2.73. The van der Waals surface area contributed by atoms with E-state index in [0.717, 1.165) is 4.70 Å². The number of aromatic carboxylic acids is 1. The number of benzene rings is 1. The van der Waals surface area contributed by atoms with Crippen LogP contribution in [-0.4, -0.2) is 22.7 Å². The first-order valence-electron chi connectivity index (χ1n) is 4.45. The van der Waals surface area contributed by atoms with Crippen molar-refractivity contribution < 1.29 is 14.6 Å². The molecule has 4 nitrogen and oxygen atoms in total. The summed E-state index contributed by atoms with van der Waals surface area (Å²) in [6, 6.07) is 3.32. The van der Waals surface area contributed by atoms with E-state index in [2.05, 4.69) is 4.98 Å². The van der Waals surface area contributed by atoms with Crippen LogP contribution in [0.2, 0.25) is 0 Å². The number of carboxylic acids is 1. The zero-order chi connectivity index (χ0) is 10.8. The van der Waals surface area contributed by atoms with E-state index < -0.39 is 5.97 Å². The Kier molecular flexibility index (Phi) is 2.55. The largest absolute Gasteiger partial charge is 0.494 e. The second-order valence-corrected chi connectivity index (χ2v) is 3.79. The number of rotatable bonds is 3. The lowest BCUT2D eigenvalue weighted by Crippen LogP contribution is -1.99. The van der Waals surface area contributed by atoms with E-state index in [0.29, 0.717) is 17.9 Å². The molecule has 0 amide bonds.